The second-order valence-electron chi connectivity index (χ2n) is 9.75. The Labute approximate surface area is 220 Å². The molecule has 1 unspecified atom stereocenters. The Morgan fingerprint density at radius 1 is 1.03 bits per heavy atom. The quantitative estimate of drug-likeness (QED) is 0.397. The third kappa shape index (κ3) is 6.16. The van der Waals surface area contributed by atoms with Gasteiger partial charge in [0.25, 0.3) is 0 Å². The van der Waals surface area contributed by atoms with E-state index in [9.17, 15) is 9.59 Å². The lowest BCUT2D eigenvalue weighted by atomic mass is 9.95. The van der Waals surface area contributed by atoms with Crippen molar-refractivity contribution in [1.82, 2.24) is 14.4 Å². The highest BCUT2D eigenvalue weighted by Crippen LogP contribution is 2.33. The van der Waals surface area contributed by atoms with Crippen LogP contribution in [0.3, 0.4) is 0 Å². The molecule has 3 amide bonds. The number of benzene rings is 2. The fourth-order valence-corrected chi connectivity index (χ4v) is 4.85. The highest BCUT2D eigenvalue weighted by Gasteiger charge is 2.33. The molecular weight excluding hydrogens is 464 g/mol. The van der Waals surface area contributed by atoms with Crippen LogP contribution in [-0.4, -0.2) is 52.5 Å². The van der Waals surface area contributed by atoms with E-state index >= 15 is 0 Å². The van der Waals surface area contributed by atoms with Crippen molar-refractivity contribution in [3.8, 4) is 5.75 Å². The zero-order valence-corrected chi connectivity index (χ0v) is 22.3. The highest BCUT2D eigenvalue weighted by atomic mass is 16.5. The van der Waals surface area contributed by atoms with Gasteiger partial charge >= 0.3 is 6.03 Å². The fraction of sp³-hybridized carbons (Fsp3) is 0.400. The van der Waals surface area contributed by atoms with Crippen LogP contribution in [0.15, 0.2) is 66.9 Å². The van der Waals surface area contributed by atoms with Gasteiger partial charge in [0, 0.05) is 37.2 Å². The summed E-state index contributed by atoms with van der Waals surface area (Å²) in [5, 5.41) is 2.93. The molecule has 1 aromatic heterocycles. The number of nitrogens with zero attached hydrogens (tertiary/aromatic N) is 3. The predicted molar refractivity (Wildman–Crippen MR) is 147 cm³/mol. The van der Waals surface area contributed by atoms with Crippen molar-refractivity contribution in [3.63, 3.8) is 0 Å². The molecule has 2 aromatic carbocycles. The summed E-state index contributed by atoms with van der Waals surface area (Å²) in [6.45, 7) is 10.7. The van der Waals surface area contributed by atoms with E-state index in [2.05, 4.69) is 60.3 Å². The van der Waals surface area contributed by atoms with Gasteiger partial charge in [-0.1, -0.05) is 45.0 Å². The van der Waals surface area contributed by atoms with Crippen molar-refractivity contribution in [2.45, 2.75) is 52.6 Å². The number of fused-ring (bicyclic) bond motifs is 1. The summed E-state index contributed by atoms with van der Waals surface area (Å²) in [6.07, 6.45) is 2.83. The average Bonchev–Trinajstić information content (AvgIpc) is 3.38. The molecule has 0 radical (unpaired) electrons. The van der Waals surface area contributed by atoms with Crippen molar-refractivity contribution in [2.24, 2.45) is 0 Å². The molecular formula is C30H38N4O3. The first-order valence-electron chi connectivity index (χ1n) is 13.2. The monoisotopic (exact) mass is 502 g/mol. The maximum atomic E-state index is 13.7. The number of hydrogen-bond donors (Lipinski definition) is 1. The molecule has 0 fully saturated rings. The van der Waals surface area contributed by atoms with E-state index in [4.69, 9.17) is 4.74 Å². The van der Waals surface area contributed by atoms with Gasteiger partial charge in [-0.05, 0) is 66.8 Å². The maximum absolute atomic E-state index is 13.7. The smallest absolute Gasteiger partial charge is 0.322 e. The van der Waals surface area contributed by atoms with Crippen LogP contribution in [0.5, 0.6) is 5.75 Å². The number of carbonyl (C=O) groups excluding carboxylic acids is 2. The third-order valence-electron chi connectivity index (χ3n) is 6.80. The number of aromatic nitrogens is 1. The zero-order valence-electron chi connectivity index (χ0n) is 22.3. The Morgan fingerprint density at radius 2 is 1.76 bits per heavy atom. The van der Waals surface area contributed by atoms with Crippen molar-refractivity contribution in [1.29, 1.82) is 0 Å². The molecule has 1 atom stereocenters. The Balaban J connectivity index is 1.52. The molecule has 7 heteroatoms. The van der Waals surface area contributed by atoms with Gasteiger partial charge in [0.2, 0.25) is 5.91 Å². The predicted octanol–water partition coefficient (Wildman–Crippen LogP) is 5.89. The van der Waals surface area contributed by atoms with Crippen LogP contribution in [0.1, 0.15) is 62.9 Å². The Morgan fingerprint density at radius 3 is 2.41 bits per heavy atom. The molecule has 2 heterocycles. The topological polar surface area (TPSA) is 66.8 Å². The molecule has 1 aliphatic heterocycles. The van der Waals surface area contributed by atoms with Crippen molar-refractivity contribution in [2.75, 3.05) is 31.6 Å². The molecule has 0 aliphatic carbocycles. The van der Waals surface area contributed by atoms with Crippen molar-refractivity contribution in [3.05, 3.63) is 83.7 Å². The first kappa shape index (κ1) is 26.3. The van der Waals surface area contributed by atoms with Crippen LogP contribution in [0.2, 0.25) is 0 Å². The number of rotatable bonds is 9. The van der Waals surface area contributed by atoms with Crippen LogP contribution >= 0.6 is 0 Å². The van der Waals surface area contributed by atoms with Gasteiger partial charge in [-0.25, -0.2) is 4.79 Å². The minimum absolute atomic E-state index is 0.0258. The number of carbonyl (C=O) groups is 2. The Bertz CT molecular complexity index is 1180. The summed E-state index contributed by atoms with van der Waals surface area (Å²) in [7, 11) is 0. The standard InChI is InChI=1S/C30H38N4O3/c1-5-17-33(30(36)31-25-13-15-26(16-14-25)37-6-2)21-28(35)34-20-19-32-18-7-8-27(32)29(34)24-11-9-23(10-12-24)22(3)4/h7-16,18,22,29H,5-6,17,19-21H2,1-4H3,(H,31,36). The first-order chi connectivity index (χ1) is 17.9. The number of amides is 3. The van der Waals surface area contributed by atoms with Crippen LogP contribution in [0, 0.1) is 0 Å². The summed E-state index contributed by atoms with van der Waals surface area (Å²) in [5.74, 6) is 1.14. The summed E-state index contributed by atoms with van der Waals surface area (Å²) in [5.41, 5.74) is 4.12. The summed E-state index contributed by atoms with van der Waals surface area (Å²) in [6, 6.07) is 19.5. The molecule has 3 aromatic rings. The van der Waals surface area contributed by atoms with Gasteiger partial charge in [-0.3, -0.25) is 4.79 Å². The average molecular weight is 503 g/mol. The molecule has 1 aliphatic rings. The number of hydrogen-bond acceptors (Lipinski definition) is 3. The molecule has 0 saturated heterocycles. The fourth-order valence-electron chi connectivity index (χ4n) is 4.85. The lowest BCUT2D eigenvalue weighted by Gasteiger charge is -2.38. The third-order valence-corrected chi connectivity index (χ3v) is 6.80. The molecule has 4 rings (SSSR count). The van der Waals surface area contributed by atoms with Gasteiger partial charge in [0.05, 0.1) is 12.6 Å². The van der Waals surface area contributed by atoms with Gasteiger partial charge in [-0.15, -0.1) is 0 Å². The second kappa shape index (κ2) is 12.0. The van der Waals surface area contributed by atoms with Gasteiger partial charge in [0.15, 0.2) is 0 Å². The van der Waals surface area contributed by atoms with E-state index in [0.717, 1.165) is 30.0 Å². The molecule has 7 nitrogen and oxygen atoms in total. The summed E-state index contributed by atoms with van der Waals surface area (Å²) in [4.78, 5) is 30.4. The molecule has 37 heavy (non-hydrogen) atoms. The van der Waals surface area contributed by atoms with Crippen LogP contribution in [-0.2, 0) is 11.3 Å². The van der Waals surface area contributed by atoms with Crippen molar-refractivity contribution < 1.29 is 14.3 Å². The number of urea groups is 1. The minimum Gasteiger partial charge on any atom is -0.494 e. The lowest BCUT2D eigenvalue weighted by Crippen LogP contribution is -2.48. The second-order valence-corrected chi connectivity index (χ2v) is 9.75. The molecule has 0 bridgehead atoms. The lowest BCUT2D eigenvalue weighted by molar-refractivity contribution is -0.134. The zero-order chi connectivity index (χ0) is 26.4. The molecule has 0 saturated carbocycles. The molecule has 1 N–H and O–H groups in total. The van der Waals surface area contributed by atoms with E-state index in [1.54, 1.807) is 4.90 Å². The first-order valence-corrected chi connectivity index (χ1v) is 13.2. The summed E-state index contributed by atoms with van der Waals surface area (Å²) >= 11 is 0. The Hall–Kier alpha value is -3.74. The van der Waals surface area contributed by atoms with E-state index in [1.165, 1.54) is 5.56 Å². The maximum Gasteiger partial charge on any atom is 0.322 e. The summed E-state index contributed by atoms with van der Waals surface area (Å²) < 4.78 is 7.70. The van der Waals surface area contributed by atoms with E-state index < -0.39 is 0 Å². The van der Waals surface area contributed by atoms with Gasteiger partial charge < -0.3 is 24.4 Å². The van der Waals surface area contributed by atoms with E-state index in [-0.39, 0.29) is 24.5 Å². The SMILES string of the molecule is CCCN(CC(=O)N1CCn2cccc2C1c1ccc(C(C)C)cc1)C(=O)Nc1ccc(OCC)cc1. The van der Waals surface area contributed by atoms with Crippen LogP contribution < -0.4 is 10.1 Å². The molecule has 196 valence electrons. The van der Waals surface area contributed by atoms with Crippen molar-refractivity contribution >= 4 is 17.6 Å². The Kier molecular flexibility index (Phi) is 8.54. The number of nitrogens with one attached hydrogen (secondary N) is 1. The minimum atomic E-state index is -0.280. The van der Waals surface area contributed by atoms with E-state index in [1.807, 2.05) is 49.1 Å². The normalized spacial score (nSPS) is 14.8. The highest BCUT2D eigenvalue weighted by molar-refractivity contribution is 5.92. The van der Waals surface area contributed by atoms with Crippen LogP contribution in [0.25, 0.3) is 0 Å². The number of anilines is 1. The van der Waals surface area contributed by atoms with Crippen LogP contribution in [0.4, 0.5) is 10.5 Å². The molecule has 0 spiro atoms. The largest absolute Gasteiger partial charge is 0.494 e. The number of ether oxygens (including phenoxy) is 1. The van der Waals surface area contributed by atoms with E-state index in [0.29, 0.717) is 31.3 Å². The van der Waals surface area contributed by atoms with Gasteiger partial charge in [-0.2, -0.15) is 0 Å². The van der Waals surface area contributed by atoms with Gasteiger partial charge in [0.1, 0.15) is 12.3 Å².